The molecule has 0 unspecified atom stereocenters. The van der Waals surface area contributed by atoms with Crippen LogP contribution in [0.2, 0.25) is 0 Å². The molecular weight excluding hydrogens is 705 g/mol. The third-order valence-corrected chi connectivity index (χ3v) is 13.4. The Bertz CT molecular complexity index is 3500. The summed E-state index contributed by atoms with van der Waals surface area (Å²) in [6.07, 6.45) is 2.28. The molecule has 0 spiro atoms. The molecule has 278 valence electrons. The third kappa shape index (κ3) is 4.63. The molecule has 0 amide bonds. The van der Waals surface area contributed by atoms with Gasteiger partial charge in [0.1, 0.15) is 0 Å². The van der Waals surface area contributed by atoms with Crippen LogP contribution in [0.4, 0.5) is 0 Å². The van der Waals surface area contributed by atoms with Gasteiger partial charge in [-0.2, -0.15) is 0 Å². The van der Waals surface area contributed by atoms with E-state index in [1.165, 1.54) is 59.9 Å². The van der Waals surface area contributed by atoms with Crippen molar-refractivity contribution < 1.29 is 0 Å². The minimum Gasteiger partial charge on any atom is -0.309 e. The second-order valence-corrected chi connectivity index (χ2v) is 17.6. The second kappa shape index (κ2) is 11.9. The smallest absolute Gasteiger partial charge is 0.235 e. The highest BCUT2D eigenvalue weighted by Crippen LogP contribution is 2.50. The van der Waals surface area contributed by atoms with Crippen LogP contribution >= 0.6 is 0 Å². The zero-order chi connectivity index (χ0) is 38.9. The lowest BCUT2D eigenvalue weighted by Crippen LogP contribution is -2.33. The normalized spacial score (nSPS) is 15.0. The maximum Gasteiger partial charge on any atom is 0.235 e. The monoisotopic (exact) mass is 746 g/mol. The van der Waals surface area contributed by atoms with Crippen molar-refractivity contribution in [1.29, 1.82) is 0 Å². The van der Waals surface area contributed by atoms with Crippen LogP contribution < -0.4 is 0 Å². The average molecular weight is 747 g/mol. The predicted molar refractivity (Wildman–Crippen MR) is 244 cm³/mol. The number of para-hydroxylation sites is 1. The van der Waals surface area contributed by atoms with E-state index in [-0.39, 0.29) is 10.8 Å². The second-order valence-electron chi connectivity index (χ2n) is 17.6. The van der Waals surface area contributed by atoms with Crippen molar-refractivity contribution in [2.75, 3.05) is 0 Å². The van der Waals surface area contributed by atoms with Crippen LogP contribution in [0.25, 0.3) is 99.0 Å². The van der Waals surface area contributed by atoms with Gasteiger partial charge in [0.2, 0.25) is 5.95 Å². The van der Waals surface area contributed by atoms with E-state index in [0.717, 1.165) is 57.1 Å². The molecule has 3 aromatic heterocycles. The molecule has 12 rings (SSSR count). The summed E-state index contributed by atoms with van der Waals surface area (Å²) in [6.45, 7) is 9.70. The fourth-order valence-corrected chi connectivity index (χ4v) is 10.3. The van der Waals surface area contributed by atoms with E-state index in [0.29, 0.717) is 5.95 Å². The van der Waals surface area contributed by atoms with Crippen molar-refractivity contribution in [2.45, 2.75) is 51.4 Å². The number of nitrogens with zero attached hydrogens (tertiary/aromatic N) is 4. The molecule has 0 atom stereocenters. The Morgan fingerprint density at radius 2 is 1.02 bits per heavy atom. The fraction of sp³-hybridized carbons (Fsp3) is 0.148. The first-order valence-electron chi connectivity index (χ1n) is 20.6. The summed E-state index contributed by atoms with van der Waals surface area (Å²) in [7, 11) is 0. The number of hydrogen-bond acceptors (Lipinski definition) is 2. The molecule has 3 heterocycles. The minimum absolute atomic E-state index is 0.0214. The van der Waals surface area contributed by atoms with Gasteiger partial charge < -0.3 is 4.57 Å². The van der Waals surface area contributed by atoms with E-state index in [9.17, 15) is 0 Å². The van der Waals surface area contributed by atoms with E-state index in [4.69, 9.17) is 9.97 Å². The van der Waals surface area contributed by atoms with Crippen LogP contribution in [-0.2, 0) is 10.8 Å². The highest BCUT2D eigenvalue weighted by Gasteiger charge is 2.38. The minimum atomic E-state index is 0.0214. The van der Waals surface area contributed by atoms with Gasteiger partial charge in [0.15, 0.2) is 0 Å². The van der Waals surface area contributed by atoms with Crippen molar-refractivity contribution in [3.63, 3.8) is 0 Å². The molecule has 0 aliphatic heterocycles. The summed E-state index contributed by atoms with van der Waals surface area (Å²) < 4.78 is 4.86. The SMILES string of the molecule is CC1(C)CCC(C)(C)c2cc3c(cc21)c1c2c4ccc5ccccc5c4n(-c4ccccc4)c2ccc1n3-c1nc(-c2ccccc2)c2ccc3ccccc3c2n1. The Morgan fingerprint density at radius 3 is 1.74 bits per heavy atom. The predicted octanol–water partition coefficient (Wildman–Crippen LogP) is 14.1. The molecule has 58 heavy (non-hydrogen) atoms. The molecule has 0 saturated heterocycles. The molecule has 0 radical (unpaired) electrons. The maximum absolute atomic E-state index is 5.59. The van der Waals surface area contributed by atoms with E-state index < -0.39 is 0 Å². The first-order valence-corrected chi connectivity index (χ1v) is 20.6. The summed E-state index contributed by atoms with van der Waals surface area (Å²) in [5.41, 5.74) is 11.7. The summed E-state index contributed by atoms with van der Waals surface area (Å²) in [4.78, 5) is 11.2. The molecule has 0 fully saturated rings. The van der Waals surface area contributed by atoms with Crippen LogP contribution in [0, 0.1) is 0 Å². The number of aromatic nitrogens is 4. The molecule has 0 N–H and O–H groups in total. The zero-order valence-electron chi connectivity index (χ0n) is 33.2. The van der Waals surface area contributed by atoms with Crippen LogP contribution in [0.3, 0.4) is 0 Å². The van der Waals surface area contributed by atoms with Gasteiger partial charge in [-0.25, -0.2) is 9.97 Å². The Hall–Kier alpha value is -6.78. The molecule has 1 aliphatic rings. The van der Waals surface area contributed by atoms with Gasteiger partial charge in [-0.15, -0.1) is 0 Å². The number of hydrogen-bond donors (Lipinski definition) is 0. The number of fused-ring (bicyclic) bond motifs is 13. The highest BCUT2D eigenvalue weighted by molar-refractivity contribution is 6.31. The Kier molecular flexibility index (Phi) is 6.83. The maximum atomic E-state index is 5.59. The zero-order valence-corrected chi connectivity index (χ0v) is 33.2. The first-order chi connectivity index (χ1) is 28.3. The lowest BCUT2D eigenvalue weighted by Gasteiger charge is -2.42. The van der Waals surface area contributed by atoms with Gasteiger partial charge >= 0.3 is 0 Å². The largest absolute Gasteiger partial charge is 0.309 e. The average Bonchev–Trinajstić information content (AvgIpc) is 3.78. The summed E-state index contributed by atoms with van der Waals surface area (Å²) in [6, 6.07) is 57.6. The van der Waals surface area contributed by atoms with Gasteiger partial charge in [-0.1, -0.05) is 143 Å². The first kappa shape index (κ1) is 33.4. The summed E-state index contributed by atoms with van der Waals surface area (Å²) in [5, 5.41) is 10.8. The van der Waals surface area contributed by atoms with Crippen molar-refractivity contribution in [1.82, 2.24) is 19.1 Å². The van der Waals surface area contributed by atoms with Gasteiger partial charge in [0.05, 0.1) is 33.3 Å². The Morgan fingerprint density at radius 1 is 0.448 bits per heavy atom. The van der Waals surface area contributed by atoms with Crippen molar-refractivity contribution in [3.05, 3.63) is 169 Å². The van der Waals surface area contributed by atoms with Gasteiger partial charge in [0.25, 0.3) is 0 Å². The number of rotatable bonds is 3. The lowest BCUT2D eigenvalue weighted by atomic mass is 9.63. The van der Waals surface area contributed by atoms with Crippen LogP contribution in [0.15, 0.2) is 158 Å². The summed E-state index contributed by atoms with van der Waals surface area (Å²) in [5.74, 6) is 0.687. The standard InChI is InChI=1S/C54H42N4/c1-53(2)29-30-54(3,4)43-32-46-41(31-42(43)53)48-45(28-27-44-47(48)39-25-23-34-16-12-14-22-38(34)51(39)57(44)36-19-9-6-10-20-36)58(46)52-55-49(35-17-7-5-8-18-35)40-26-24-33-15-11-13-21-37(33)50(40)56-52/h5-28,31-32H,29-30H2,1-4H3. The Labute approximate surface area is 337 Å². The van der Waals surface area contributed by atoms with Crippen molar-refractivity contribution in [3.8, 4) is 22.9 Å². The molecule has 4 heteroatoms. The Balaban J connectivity index is 1.31. The topological polar surface area (TPSA) is 35.6 Å². The highest BCUT2D eigenvalue weighted by atomic mass is 15.2. The molecule has 8 aromatic carbocycles. The van der Waals surface area contributed by atoms with E-state index in [1.54, 1.807) is 0 Å². The van der Waals surface area contributed by atoms with Crippen molar-refractivity contribution >= 4 is 76.1 Å². The van der Waals surface area contributed by atoms with E-state index >= 15 is 0 Å². The third-order valence-electron chi connectivity index (χ3n) is 13.4. The van der Waals surface area contributed by atoms with Gasteiger partial charge in [-0.05, 0) is 88.0 Å². The van der Waals surface area contributed by atoms with Gasteiger partial charge in [0, 0.05) is 49.0 Å². The van der Waals surface area contributed by atoms with E-state index in [1.807, 2.05) is 0 Å². The summed E-state index contributed by atoms with van der Waals surface area (Å²) >= 11 is 0. The van der Waals surface area contributed by atoms with Crippen molar-refractivity contribution in [2.24, 2.45) is 0 Å². The molecule has 11 aromatic rings. The quantitative estimate of drug-likeness (QED) is 0.169. The number of benzene rings is 8. The molecule has 4 nitrogen and oxygen atoms in total. The molecule has 0 saturated carbocycles. The fourth-order valence-electron chi connectivity index (χ4n) is 10.3. The van der Waals surface area contributed by atoms with Gasteiger partial charge in [-0.3, -0.25) is 4.57 Å². The molecular formula is C54H42N4. The molecule has 1 aliphatic carbocycles. The molecule has 0 bridgehead atoms. The lowest BCUT2D eigenvalue weighted by molar-refractivity contribution is 0.332. The van der Waals surface area contributed by atoms with Crippen LogP contribution in [0.5, 0.6) is 0 Å². The van der Waals surface area contributed by atoms with Crippen LogP contribution in [-0.4, -0.2) is 19.1 Å². The van der Waals surface area contributed by atoms with Crippen LogP contribution in [0.1, 0.15) is 51.7 Å². The van der Waals surface area contributed by atoms with E-state index in [2.05, 4.69) is 195 Å².